The monoisotopic (exact) mass is 264 g/mol. The van der Waals surface area contributed by atoms with E-state index in [1.54, 1.807) is 50.3 Å². The van der Waals surface area contributed by atoms with Crippen molar-refractivity contribution < 1.29 is 14.7 Å². The lowest BCUT2D eigenvalue weighted by Crippen LogP contribution is -2.45. The number of carboxylic acid groups (broad SMARTS) is 1. The second kappa shape index (κ2) is 6.89. The minimum absolute atomic E-state index is 0.173. The summed E-state index contributed by atoms with van der Waals surface area (Å²) in [5.74, 6) is -1.63. The van der Waals surface area contributed by atoms with Crippen LogP contribution in [-0.4, -0.2) is 47.6 Å². The Labute approximate surface area is 113 Å². The molecule has 1 amide bonds. The Hall–Kier alpha value is -1.88. The second-order valence-corrected chi connectivity index (χ2v) is 4.54. The van der Waals surface area contributed by atoms with Gasteiger partial charge >= 0.3 is 5.97 Å². The predicted molar refractivity (Wildman–Crippen MR) is 72.6 cm³/mol. The fraction of sp³-hybridized carbons (Fsp3) is 0.429. The predicted octanol–water partition coefficient (Wildman–Crippen LogP) is 1.72. The molecule has 1 unspecified atom stereocenters. The van der Waals surface area contributed by atoms with Gasteiger partial charge in [0.2, 0.25) is 0 Å². The van der Waals surface area contributed by atoms with Crippen LogP contribution in [0.1, 0.15) is 23.7 Å². The van der Waals surface area contributed by atoms with Gasteiger partial charge in [-0.3, -0.25) is 14.6 Å². The van der Waals surface area contributed by atoms with Crippen LogP contribution in [0.15, 0.2) is 30.3 Å². The highest BCUT2D eigenvalue weighted by Gasteiger charge is 2.24. The number of aliphatic carboxylic acids is 1. The van der Waals surface area contributed by atoms with Crippen LogP contribution in [0.3, 0.4) is 0 Å². The highest BCUT2D eigenvalue weighted by Crippen LogP contribution is 2.11. The standard InChI is InChI=1S/C14H20N2O3/c1-4-11(14(18)19)10-16(15(2)3)13(17)12-8-6-5-7-9-12/h5-9,11H,4,10H2,1-3H3,(H,18,19). The second-order valence-electron chi connectivity index (χ2n) is 4.54. The Morgan fingerprint density at radius 1 is 1.21 bits per heavy atom. The van der Waals surface area contributed by atoms with Crippen molar-refractivity contribution in [3.05, 3.63) is 35.9 Å². The number of carboxylic acids is 1. The average molecular weight is 264 g/mol. The third-order valence-electron chi connectivity index (χ3n) is 2.97. The van der Waals surface area contributed by atoms with E-state index >= 15 is 0 Å². The van der Waals surface area contributed by atoms with Crippen molar-refractivity contribution in [2.45, 2.75) is 13.3 Å². The number of hydrazine groups is 1. The van der Waals surface area contributed by atoms with Crippen LogP contribution in [0.25, 0.3) is 0 Å². The lowest BCUT2D eigenvalue weighted by Gasteiger charge is -2.31. The number of hydrogen-bond acceptors (Lipinski definition) is 3. The summed E-state index contributed by atoms with van der Waals surface area (Å²) in [6.45, 7) is 1.98. The summed E-state index contributed by atoms with van der Waals surface area (Å²) in [4.78, 5) is 23.4. The Morgan fingerprint density at radius 3 is 2.21 bits per heavy atom. The summed E-state index contributed by atoms with van der Waals surface area (Å²) in [5.41, 5.74) is 0.552. The van der Waals surface area contributed by atoms with Gasteiger partial charge in [-0.1, -0.05) is 25.1 Å². The van der Waals surface area contributed by atoms with E-state index in [4.69, 9.17) is 5.11 Å². The van der Waals surface area contributed by atoms with Gasteiger partial charge in [-0.15, -0.1) is 0 Å². The summed E-state index contributed by atoms with van der Waals surface area (Å²) in [5, 5.41) is 12.2. The van der Waals surface area contributed by atoms with Crippen LogP contribution in [-0.2, 0) is 4.79 Å². The Morgan fingerprint density at radius 2 is 1.79 bits per heavy atom. The fourth-order valence-electron chi connectivity index (χ4n) is 1.75. The normalized spacial score (nSPS) is 12.2. The summed E-state index contributed by atoms with van der Waals surface area (Å²) in [7, 11) is 3.46. The minimum Gasteiger partial charge on any atom is -0.481 e. The summed E-state index contributed by atoms with van der Waals surface area (Å²) >= 11 is 0. The van der Waals surface area contributed by atoms with Gasteiger partial charge < -0.3 is 5.11 Å². The average Bonchev–Trinajstić information content (AvgIpc) is 2.39. The Kier molecular flexibility index (Phi) is 5.51. The Bertz CT molecular complexity index is 432. The molecule has 5 nitrogen and oxygen atoms in total. The van der Waals surface area contributed by atoms with Gasteiger partial charge in [0.15, 0.2) is 0 Å². The van der Waals surface area contributed by atoms with Crippen LogP contribution in [0.5, 0.6) is 0 Å². The molecule has 0 spiro atoms. The first-order chi connectivity index (χ1) is 8.97. The number of carbonyl (C=O) groups is 2. The molecule has 1 rings (SSSR count). The van der Waals surface area contributed by atoms with Crippen LogP contribution in [0.2, 0.25) is 0 Å². The van der Waals surface area contributed by atoms with E-state index in [2.05, 4.69) is 0 Å². The molecule has 0 aliphatic rings. The zero-order valence-electron chi connectivity index (χ0n) is 11.5. The zero-order valence-corrected chi connectivity index (χ0v) is 11.5. The highest BCUT2D eigenvalue weighted by atomic mass is 16.4. The molecular weight excluding hydrogens is 244 g/mol. The van der Waals surface area contributed by atoms with Crippen LogP contribution in [0, 0.1) is 5.92 Å². The molecule has 0 aromatic heterocycles. The molecule has 1 N–H and O–H groups in total. The quantitative estimate of drug-likeness (QED) is 0.795. The smallest absolute Gasteiger partial charge is 0.308 e. The van der Waals surface area contributed by atoms with Gasteiger partial charge in [-0.05, 0) is 18.6 Å². The van der Waals surface area contributed by atoms with Crippen LogP contribution >= 0.6 is 0 Å². The summed E-state index contributed by atoms with van der Waals surface area (Å²) in [6, 6.07) is 8.86. The first-order valence-electron chi connectivity index (χ1n) is 6.24. The van der Waals surface area contributed by atoms with Gasteiger partial charge in [0.1, 0.15) is 0 Å². The number of benzene rings is 1. The third-order valence-corrected chi connectivity index (χ3v) is 2.97. The summed E-state index contributed by atoms with van der Waals surface area (Å²) < 4.78 is 0. The summed E-state index contributed by atoms with van der Waals surface area (Å²) in [6.07, 6.45) is 0.488. The minimum atomic E-state index is -0.879. The lowest BCUT2D eigenvalue weighted by atomic mass is 10.1. The van der Waals surface area contributed by atoms with E-state index in [1.165, 1.54) is 5.01 Å². The molecule has 0 bridgehead atoms. The first kappa shape index (κ1) is 15.2. The molecule has 104 valence electrons. The molecular formula is C14H20N2O3. The maximum atomic E-state index is 12.4. The first-order valence-corrected chi connectivity index (χ1v) is 6.24. The Balaban J connectivity index is 2.89. The van der Waals surface area contributed by atoms with Crippen molar-refractivity contribution in [3.63, 3.8) is 0 Å². The number of amides is 1. The van der Waals surface area contributed by atoms with E-state index in [-0.39, 0.29) is 12.5 Å². The molecule has 0 aliphatic heterocycles. The molecule has 0 fully saturated rings. The van der Waals surface area contributed by atoms with Gasteiger partial charge in [-0.2, -0.15) is 0 Å². The molecule has 0 aliphatic carbocycles. The highest BCUT2D eigenvalue weighted by molar-refractivity contribution is 5.94. The molecule has 0 radical (unpaired) electrons. The molecule has 1 aromatic rings. The topological polar surface area (TPSA) is 60.9 Å². The number of hydrogen-bond donors (Lipinski definition) is 1. The van der Waals surface area contributed by atoms with Gasteiger partial charge in [-0.25, -0.2) is 5.01 Å². The van der Waals surface area contributed by atoms with Crippen LogP contribution < -0.4 is 0 Å². The molecule has 19 heavy (non-hydrogen) atoms. The van der Waals surface area contributed by atoms with E-state index in [1.807, 2.05) is 6.07 Å². The van der Waals surface area contributed by atoms with E-state index < -0.39 is 11.9 Å². The largest absolute Gasteiger partial charge is 0.481 e. The number of rotatable bonds is 6. The van der Waals surface area contributed by atoms with Gasteiger partial charge in [0, 0.05) is 19.7 Å². The molecule has 0 heterocycles. The fourth-order valence-corrected chi connectivity index (χ4v) is 1.75. The molecule has 0 saturated heterocycles. The van der Waals surface area contributed by atoms with Gasteiger partial charge in [0.05, 0.1) is 12.5 Å². The SMILES string of the molecule is CCC(CN(C(=O)c1ccccc1)N(C)C)C(=O)O. The van der Waals surface area contributed by atoms with E-state index in [0.29, 0.717) is 12.0 Å². The van der Waals surface area contributed by atoms with Crippen molar-refractivity contribution in [3.8, 4) is 0 Å². The number of nitrogens with zero attached hydrogens (tertiary/aromatic N) is 2. The van der Waals surface area contributed by atoms with E-state index in [9.17, 15) is 9.59 Å². The van der Waals surface area contributed by atoms with E-state index in [0.717, 1.165) is 0 Å². The molecule has 0 saturated carbocycles. The molecule has 1 aromatic carbocycles. The third kappa shape index (κ3) is 4.06. The number of carbonyl (C=O) groups excluding carboxylic acids is 1. The zero-order chi connectivity index (χ0) is 14.4. The van der Waals surface area contributed by atoms with Crippen molar-refractivity contribution in [2.75, 3.05) is 20.6 Å². The maximum absolute atomic E-state index is 12.4. The van der Waals surface area contributed by atoms with Crippen molar-refractivity contribution in [1.29, 1.82) is 0 Å². The lowest BCUT2D eigenvalue weighted by molar-refractivity contribution is -0.143. The van der Waals surface area contributed by atoms with Crippen molar-refractivity contribution >= 4 is 11.9 Å². The van der Waals surface area contributed by atoms with Crippen molar-refractivity contribution in [2.24, 2.45) is 5.92 Å². The van der Waals surface area contributed by atoms with Gasteiger partial charge in [0.25, 0.3) is 5.91 Å². The molecule has 1 atom stereocenters. The maximum Gasteiger partial charge on any atom is 0.308 e. The van der Waals surface area contributed by atoms with Crippen molar-refractivity contribution in [1.82, 2.24) is 10.0 Å². The van der Waals surface area contributed by atoms with Crippen LogP contribution in [0.4, 0.5) is 0 Å². The molecule has 5 heteroatoms.